The third-order valence-electron chi connectivity index (χ3n) is 3.46. The molecule has 0 fully saturated rings. The summed E-state index contributed by atoms with van der Waals surface area (Å²) in [6.07, 6.45) is 2.54. The van der Waals surface area contributed by atoms with Crippen LogP contribution in [0.3, 0.4) is 0 Å². The van der Waals surface area contributed by atoms with E-state index in [-0.39, 0.29) is 10.7 Å². The zero-order chi connectivity index (χ0) is 16.6. The third-order valence-corrected chi connectivity index (χ3v) is 4.57. The van der Waals surface area contributed by atoms with Gasteiger partial charge in [0.05, 0.1) is 10.4 Å². The highest BCUT2D eigenvalue weighted by molar-refractivity contribution is 7.90. The van der Waals surface area contributed by atoms with Crippen LogP contribution in [-0.4, -0.2) is 24.6 Å². The van der Waals surface area contributed by atoms with Crippen molar-refractivity contribution in [2.45, 2.75) is 11.8 Å². The molecule has 0 amide bonds. The van der Waals surface area contributed by atoms with Crippen molar-refractivity contribution in [1.82, 2.24) is 9.97 Å². The van der Waals surface area contributed by atoms with Gasteiger partial charge in [0, 0.05) is 17.3 Å². The van der Waals surface area contributed by atoms with Crippen LogP contribution in [0.1, 0.15) is 5.56 Å². The molecule has 2 aromatic carbocycles. The number of benzene rings is 2. The number of hydrogen-bond acceptors (Lipinski definition) is 5. The second-order valence-corrected chi connectivity index (χ2v) is 7.28. The van der Waals surface area contributed by atoms with Crippen LogP contribution in [0.2, 0.25) is 0 Å². The van der Waals surface area contributed by atoms with Gasteiger partial charge in [-0.05, 0) is 48.9 Å². The predicted molar refractivity (Wildman–Crippen MR) is 87.1 cm³/mol. The van der Waals surface area contributed by atoms with Crippen molar-refractivity contribution >= 4 is 32.2 Å². The van der Waals surface area contributed by atoms with Crippen molar-refractivity contribution < 1.29 is 12.8 Å². The molecule has 0 atom stereocenters. The van der Waals surface area contributed by atoms with E-state index < -0.39 is 9.84 Å². The van der Waals surface area contributed by atoms with Crippen LogP contribution in [0.4, 0.5) is 15.9 Å². The average Bonchev–Trinajstić information content (AvgIpc) is 2.50. The lowest BCUT2D eigenvalue weighted by atomic mass is 10.2. The first-order valence-corrected chi connectivity index (χ1v) is 8.72. The first kappa shape index (κ1) is 15.4. The number of halogens is 1. The number of fused-ring (bicyclic) bond motifs is 1. The minimum absolute atomic E-state index is 0.193. The summed E-state index contributed by atoms with van der Waals surface area (Å²) in [7, 11) is -3.33. The van der Waals surface area contributed by atoms with Gasteiger partial charge in [0.1, 0.15) is 18.0 Å². The Morgan fingerprint density at radius 2 is 1.87 bits per heavy atom. The van der Waals surface area contributed by atoms with E-state index in [4.69, 9.17) is 0 Å². The van der Waals surface area contributed by atoms with Gasteiger partial charge in [0.25, 0.3) is 0 Å². The number of nitrogens with zero attached hydrogens (tertiary/aromatic N) is 2. The Bertz CT molecular complexity index is 1000. The molecule has 5 nitrogen and oxygen atoms in total. The molecule has 0 aliphatic rings. The summed E-state index contributed by atoms with van der Waals surface area (Å²) in [5.41, 5.74) is 1.78. The van der Waals surface area contributed by atoms with Gasteiger partial charge in [-0.2, -0.15) is 0 Å². The Morgan fingerprint density at radius 1 is 1.09 bits per heavy atom. The van der Waals surface area contributed by atoms with Crippen molar-refractivity contribution in [3.8, 4) is 0 Å². The lowest BCUT2D eigenvalue weighted by molar-refractivity contribution is 0.602. The number of aryl methyl sites for hydroxylation is 1. The summed E-state index contributed by atoms with van der Waals surface area (Å²) < 4.78 is 36.8. The van der Waals surface area contributed by atoms with Crippen LogP contribution in [0, 0.1) is 12.7 Å². The fourth-order valence-corrected chi connectivity index (χ4v) is 2.87. The molecular weight excluding hydrogens is 317 g/mol. The number of hydrogen-bond donors (Lipinski definition) is 1. The SMILES string of the molecule is Cc1cc(Nc2ncnc3ccc(S(C)(=O)=O)cc23)ccc1F. The minimum atomic E-state index is -3.33. The van der Waals surface area contributed by atoms with Crippen molar-refractivity contribution in [2.24, 2.45) is 0 Å². The predicted octanol–water partition coefficient (Wildman–Crippen LogP) is 3.22. The smallest absolute Gasteiger partial charge is 0.175 e. The molecule has 0 bridgehead atoms. The Labute approximate surface area is 133 Å². The van der Waals surface area contributed by atoms with Gasteiger partial charge in [-0.15, -0.1) is 0 Å². The summed E-state index contributed by atoms with van der Waals surface area (Å²) >= 11 is 0. The van der Waals surface area contributed by atoms with E-state index in [2.05, 4.69) is 15.3 Å². The van der Waals surface area contributed by atoms with Gasteiger partial charge in [-0.1, -0.05) is 0 Å². The van der Waals surface area contributed by atoms with E-state index in [0.717, 1.165) is 6.26 Å². The first-order chi connectivity index (χ1) is 10.8. The van der Waals surface area contributed by atoms with E-state index >= 15 is 0 Å². The molecule has 0 aliphatic heterocycles. The van der Waals surface area contributed by atoms with Crippen molar-refractivity contribution in [3.05, 3.63) is 54.1 Å². The van der Waals surface area contributed by atoms with Gasteiger partial charge in [-0.25, -0.2) is 22.8 Å². The second kappa shape index (κ2) is 5.58. The Kier molecular flexibility index (Phi) is 3.73. The number of rotatable bonds is 3. The number of anilines is 2. The second-order valence-electron chi connectivity index (χ2n) is 5.26. The van der Waals surface area contributed by atoms with E-state index in [1.165, 1.54) is 24.5 Å². The van der Waals surface area contributed by atoms with Gasteiger partial charge in [-0.3, -0.25) is 0 Å². The molecular formula is C16H14FN3O2S. The van der Waals surface area contributed by atoms with E-state index in [0.29, 0.717) is 28.0 Å². The quantitative estimate of drug-likeness (QED) is 0.798. The molecule has 1 N–H and O–H groups in total. The molecule has 0 radical (unpaired) electrons. The fourth-order valence-electron chi connectivity index (χ4n) is 2.23. The van der Waals surface area contributed by atoms with Crippen LogP contribution in [0.5, 0.6) is 0 Å². The largest absolute Gasteiger partial charge is 0.340 e. The number of aromatic nitrogens is 2. The number of sulfone groups is 1. The van der Waals surface area contributed by atoms with Crippen LogP contribution in [0.15, 0.2) is 47.6 Å². The third kappa shape index (κ3) is 3.14. The zero-order valence-corrected chi connectivity index (χ0v) is 13.4. The van der Waals surface area contributed by atoms with Crippen LogP contribution in [0.25, 0.3) is 10.9 Å². The standard InChI is InChI=1S/C16H14FN3O2S/c1-10-7-11(3-5-14(10)17)20-16-13-8-12(23(2,21)22)4-6-15(13)18-9-19-16/h3-9H,1-2H3,(H,18,19,20). The van der Waals surface area contributed by atoms with Gasteiger partial charge >= 0.3 is 0 Å². The summed E-state index contributed by atoms with van der Waals surface area (Å²) in [5.74, 6) is 0.175. The zero-order valence-electron chi connectivity index (χ0n) is 12.5. The Balaban J connectivity index is 2.11. The molecule has 0 spiro atoms. The highest BCUT2D eigenvalue weighted by Crippen LogP contribution is 2.26. The molecule has 3 aromatic rings. The molecule has 3 rings (SSSR count). The molecule has 0 aliphatic carbocycles. The summed E-state index contributed by atoms with van der Waals surface area (Å²) in [6.45, 7) is 1.67. The van der Waals surface area contributed by atoms with Gasteiger partial charge in [0.2, 0.25) is 0 Å². The molecule has 0 unspecified atom stereocenters. The summed E-state index contributed by atoms with van der Waals surface area (Å²) in [4.78, 5) is 8.49. The monoisotopic (exact) mass is 331 g/mol. The highest BCUT2D eigenvalue weighted by Gasteiger charge is 2.11. The molecule has 118 valence electrons. The molecule has 1 heterocycles. The maximum absolute atomic E-state index is 13.4. The highest BCUT2D eigenvalue weighted by atomic mass is 32.2. The van der Waals surface area contributed by atoms with Gasteiger partial charge in [0.15, 0.2) is 9.84 Å². The van der Waals surface area contributed by atoms with Crippen molar-refractivity contribution in [1.29, 1.82) is 0 Å². The molecule has 7 heteroatoms. The van der Waals surface area contributed by atoms with Crippen LogP contribution in [-0.2, 0) is 9.84 Å². The molecule has 23 heavy (non-hydrogen) atoms. The van der Waals surface area contributed by atoms with E-state index in [1.54, 1.807) is 25.1 Å². The Hall–Kier alpha value is -2.54. The lowest BCUT2D eigenvalue weighted by Crippen LogP contribution is -2.00. The van der Waals surface area contributed by atoms with Crippen LogP contribution >= 0.6 is 0 Å². The van der Waals surface area contributed by atoms with Gasteiger partial charge < -0.3 is 5.32 Å². The Morgan fingerprint density at radius 3 is 2.57 bits per heavy atom. The molecule has 0 saturated heterocycles. The van der Waals surface area contributed by atoms with Crippen molar-refractivity contribution in [3.63, 3.8) is 0 Å². The summed E-state index contributed by atoms with van der Waals surface area (Å²) in [6, 6.07) is 9.29. The lowest BCUT2D eigenvalue weighted by Gasteiger charge is -2.10. The van der Waals surface area contributed by atoms with E-state index in [1.807, 2.05) is 0 Å². The fraction of sp³-hybridized carbons (Fsp3) is 0.125. The molecule has 0 saturated carbocycles. The topological polar surface area (TPSA) is 72.0 Å². The van der Waals surface area contributed by atoms with Crippen LogP contribution < -0.4 is 5.32 Å². The minimum Gasteiger partial charge on any atom is -0.340 e. The average molecular weight is 331 g/mol. The summed E-state index contributed by atoms with van der Waals surface area (Å²) in [5, 5.41) is 3.66. The molecule has 1 aromatic heterocycles. The normalized spacial score (nSPS) is 11.6. The van der Waals surface area contributed by atoms with E-state index in [9.17, 15) is 12.8 Å². The maximum Gasteiger partial charge on any atom is 0.175 e. The number of nitrogens with one attached hydrogen (secondary N) is 1. The van der Waals surface area contributed by atoms with Crippen molar-refractivity contribution in [2.75, 3.05) is 11.6 Å². The first-order valence-electron chi connectivity index (χ1n) is 6.82. The maximum atomic E-state index is 13.4.